The number of ether oxygens (including phenoxy) is 1. The largest absolute Gasteiger partial charge is 0.497 e. The minimum absolute atomic E-state index is 0.0300. The van der Waals surface area contributed by atoms with E-state index in [0.29, 0.717) is 5.69 Å². The molecule has 0 aliphatic heterocycles. The summed E-state index contributed by atoms with van der Waals surface area (Å²) >= 11 is 0. The maximum absolute atomic E-state index is 12.4. The molecule has 1 amide bonds. The number of hydrogen-bond donors (Lipinski definition) is 2. The Balaban J connectivity index is 1.68. The summed E-state index contributed by atoms with van der Waals surface area (Å²) in [7, 11) is 1.62. The Morgan fingerprint density at radius 3 is 2.79 bits per heavy atom. The Labute approximate surface area is 141 Å². The summed E-state index contributed by atoms with van der Waals surface area (Å²) in [6.07, 6.45) is 7.42. The Morgan fingerprint density at radius 1 is 1.33 bits per heavy atom. The van der Waals surface area contributed by atoms with Crippen LogP contribution in [0.1, 0.15) is 36.2 Å². The molecule has 1 aliphatic carbocycles. The number of nitrogens with zero attached hydrogens (tertiary/aromatic N) is 2. The standard InChI is InChI=1S/C18H23N3O3/c1-24-15-8-6-14(7-9-15)21-10-17(19-12-21)18(23)20-16-5-3-2-4-13(16)11-22/h6-10,12-13,16,22H,2-5,11H2,1H3,(H,20,23). The molecule has 1 aromatic carbocycles. The highest BCUT2D eigenvalue weighted by Gasteiger charge is 2.26. The third-order valence-corrected chi connectivity index (χ3v) is 4.65. The molecular formula is C18H23N3O3. The van der Waals surface area contributed by atoms with Gasteiger partial charge in [0.2, 0.25) is 0 Å². The first kappa shape index (κ1) is 16.5. The number of rotatable bonds is 5. The highest BCUT2D eigenvalue weighted by Crippen LogP contribution is 2.24. The van der Waals surface area contributed by atoms with Gasteiger partial charge in [0.15, 0.2) is 0 Å². The van der Waals surface area contributed by atoms with E-state index in [0.717, 1.165) is 37.1 Å². The Kier molecular flexibility index (Phi) is 5.15. The normalized spacial score (nSPS) is 20.6. The molecule has 3 rings (SSSR count). The van der Waals surface area contributed by atoms with E-state index in [-0.39, 0.29) is 24.5 Å². The van der Waals surface area contributed by atoms with Gasteiger partial charge in [0, 0.05) is 30.5 Å². The second-order valence-electron chi connectivity index (χ2n) is 6.17. The lowest BCUT2D eigenvalue weighted by atomic mass is 9.85. The van der Waals surface area contributed by atoms with Gasteiger partial charge in [0.25, 0.3) is 5.91 Å². The van der Waals surface area contributed by atoms with Crippen molar-refractivity contribution in [2.75, 3.05) is 13.7 Å². The topological polar surface area (TPSA) is 76.4 Å². The van der Waals surface area contributed by atoms with Crippen LogP contribution in [-0.4, -0.2) is 40.3 Å². The molecule has 0 bridgehead atoms. The molecule has 1 fully saturated rings. The lowest BCUT2D eigenvalue weighted by Crippen LogP contribution is -2.43. The van der Waals surface area contributed by atoms with Crippen molar-refractivity contribution in [1.82, 2.24) is 14.9 Å². The average molecular weight is 329 g/mol. The SMILES string of the molecule is COc1ccc(-n2cnc(C(=O)NC3CCCCC3CO)c2)cc1. The van der Waals surface area contributed by atoms with Gasteiger partial charge in [-0.25, -0.2) is 4.98 Å². The summed E-state index contributed by atoms with van der Waals surface area (Å²) in [4.78, 5) is 16.6. The number of amides is 1. The van der Waals surface area contributed by atoms with E-state index in [1.807, 2.05) is 24.3 Å². The maximum Gasteiger partial charge on any atom is 0.271 e. The van der Waals surface area contributed by atoms with Crippen LogP contribution in [0.4, 0.5) is 0 Å². The average Bonchev–Trinajstić information content (AvgIpc) is 3.12. The van der Waals surface area contributed by atoms with Crippen molar-refractivity contribution in [3.05, 3.63) is 42.5 Å². The molecule has 1 saturated carbocycles. The second kappa shape index (κ2) is 7.49. The molecular weight excluding hydrogens is 306 g/mol. The second-order valence-corrected chi connectivity index (χ2v) is 6.17. The van der Waals surface area contributed by atoms with Crippen molar-refractivity contribution in [1.29, 1.82) is 0 Å². The molecule has 0 radical (unpaired) electrons. The third-order valence-electron chi connectivity index (χ3n) is 4.65. The number of carbonyl (C=O) groups is 1. The summed E-state index contributed by atoms with van der Waals surface area (Å²) in [5, 5.41) is 12.5. The van der Waals surface area contributed by atoms with Crippen molar-refractivity contribution in [3.63, 3.8) is 0 Å². The quantitative estimate of drug-likeness (QED) is 0.881. The van der Waals surface area contributed by atoms with Crippen LogP contribution in [0.2, 0.25) is 0 Å². The fraction of sp³-hybridized carbons (Fsp3) is 0.444. The van der Waals surface area contributed by atoms with Gasteiger partial charge in [-0.1, -0.05) is 12.8 Å². The van der Waals surface area contributed by atoms with Crippen LogP contribution in [-0.2, 0) is 0 Å². The first-order valence-corrected chi connectivity index (χ1v) is 8.31. The zero-order valence-corrected chi connectivity index (χ0v) is 13.8. The molecule has 2 N–H and O–H groups in total. The number of nitrogens with one attached hydrogen (secondary N) is 1. The number of benzene rings is 1. The van der Waals surface area contributed by atoms with Gasteiger partial charge in [-0.15, -0.1) is 0 Å². The smallest absolute Gasteiger partial charge is 0.271 e. The summed E-state index contributed by atoms with van der Waals surface area (Å²) < 4.78 is 6.95. The lowest BCUT2D eigenvalue weighted by molar-refractivity contribution is 0.0868. The van der Waals surface area contributed by atoms with E-state index in [9.17, 15) is 9.90 Å². The Hall–Kier alpha value is -2.34. The van der Waals surface area contributed by atoms with Crippen LogP contribution in [0.3, 0.4) is 0 Å². The maximum atomic E-state index is 12.4. The predicted octanol–water partition coefficient (Wildman–Crippen LogP) is 2.16. The van der Waals surface area contributed by atoms with Crippen LogP contribution >= 0.6 is 0 Å². The summed E-state index contributed by atoms with van der Waals surface area (Å²) in [5.74, 6) is 0.739. The van der Waals surface area contributed by atoms with Crippen molar-refractivity contribution >= 4 is 5.91 Å². The Bertz CT molecular complexity index is 681. The predicted molar refractivity (Wildman–Crippen MR) is 90.4 cm³/mol. The molecule has 2 atom stereocenters. The molecule has 24 heavy (non-hydrogen) atoms. The van der Waals surface area contributed by atoms with Crippen LogP contribution in [0.5, 0.6) is 5.75 Å². The molecule has 2 aromatic rings. The molecule has 6 heteroatoms. The number of aliphatic hydroxyl groups is 1. The van der Waals surface area contributed by atoms with Crippen molar-refractivity contribution in [2.24, 2.45) is 5.92 Å². The van der Waals surface area contributed by atoms with E-state index in [2.05, 4.69) is 10.3 Å². The van der Waals surface area contributed by atoms with Crippen molar-refractivity contribution in [3.8, 4) is 11.4 Å². The molecule has 0 saturated heterocycles. The first-order chi connectivity index (χ1) is 11.7. The van der Waals surface area contributed by atoms with Gasteiger partial charge in [-0.2, -0.15) is 0 Å². The first-order valence-electron chi connectivity index (χ1n) is 8.31. The van der Waals surface area contributed by atoms with Crippen molar-refractivity contribution < 1.29 is 14.6 Å². The third kappa shape index (κ3) is 3.59. The molecule has 1 heterocycles. The summed E-state index contributed by atoms with van der Waals surface area (Å²) in [5.41, 5.74) is 1.29. The molecule has 1 aliphatic rings. The highest BCUT2D eigenvalue weighted by atomic mass is 16.5. The minimum atomic E-state index is -0.187. The number of aliphatic hydroxyl groups excluding tert-OH is 1. The molecule has 1 aromatic heterocycles. The van der Waals surface area contributed by atoms with Gasteiger partial charge in [0.1, 0.15) is 17.8 Å². The van der Waals surface area contributed by atoms with Gasteiger partial charge < -0.3 is 19.7 Å². The highest BCUT2D eigenvalue weighted by molar-refractivity contribution is 5.92. The Morgan fingerprint density at radius 2 is 2.08 bits per heavy atom. The van der Waals surface area contributed by atoms with Crippen LogP contribution in [0.15, 0.2) is 36.8 Å². The van der Waals surface area contributed by atoms with E-state index >= 15 is 0 Å². The molecule has 0 spiro atoms. The molecule has 2 unspecified atom stereocenters. The fourth-order valence-corrected chi connectivity index (χ4v) is 3.19. The number of methoxy groups -OCH3 is 1. The molecule has 6 nitrogen and oxygen atoms in total. The van der Waals surface area contributed by atoms with Gasteiger partial charge >= 0.3 is 0 Å². The molecule has 128 valence electrons. The number of aromatic nitrogens is 2. The monoisotopic (exact) mass is 329 g/mol. The van der Waals surface area contributed by atoms with Gasteiger partial charge in [-0.05, 0) is 37.1 Å². The zero-order chi connectivity index (χ0) is 16.9. The van der Waals surface area contributed by atoms with Crippen molar-refractivity contribution in [2.45, 2.75) is 31.7 Å². The van der Waals surface area contributed by atoms with Crippen LogP contribution < -0.4 is 10.1 Å². The fourth-order valence-electron chi connectivity index (χ4n) is 3.19. The van der Waals surface area contributed by atoms with Crippen LogP contribution in [0, 0.1) is 5.92 Å². The number of imidazole rings is 1. The van der Waals surface area contributed by atoms with E-state index in [1.165, 1.54) is 0 Å². The number of hydrogen-bond acceptors (Lipinski definition) is 4. The summed E-state index contributed by atoms with van der Waals surface area (Å²) in [6.45, 7) is 0.116. The van der Waals surface area contributed by atoms with Gasteiger partial charge in [-0.3, -0.25) is 4.79 Å². The summed E-state index contributed by atoms with van der Waals surface area (Å²) in [6, 6.07) is 7.57. The van der Waals surface area contributed by atoms with E-state index in [4.69, 9.17) is 4.74 Å². The van der Waals surface area contributed by atoms with E-state index in [1.54, 1.807) is 24.2 Å². The number of carbonyl (C=O) groups excluding carboxylic acids is 1. The zero-order valence-electron chi connectivity index (χ0n) is 13.8. The van der Waals surface area contributed by atoms with Crippen LogP contribution in [0.25, 0.3) is 5.69 Å². The lowest BCUT2D eigenvalue weighted by Gasteiger charge is -2.30. The minimum Gasteiger partial charge on any atom is -0.497 e. The van der Waals surface area contributed by atoms with Gasteiger partial charge in [0.05, 0.1) is 7.11 Å². The van der Waals surface area contributed by atoms with E-state index < -0.39 is 0 Å².